The number of anilines is 2. The molecule has 0 bridgehead atoms. The molecule has 1 N–H and O–H groups in total. The van der Waals surface area contributed by atoms with Crippen LogP contribution in [0.5, 0.6) is 5.75 Å². The molecule has 1 atom stereocenters. The van der Waals surface area contributed by atoms with Crippen LogP contribution in [0.3, 0.4) is 0 Å². The fraction of sp³-hybridized carbons (Fsp3) is 0.333. The van der Waals surface area contributed by atoms with E-state index >= 15 is 0 Å². The highest BCUT2D eigenvalue weighted by atomic mass is 19.3. The van der Waals surface area contributed by atoms with Gasteiger partial charge in [0.25, 0.3) is 5.91 Å². The molecule has 7 nitrogen and oxygen atoms in total. The van der Waals surface area contributed by atoms with Crippen molar-refractivity contribution in [1.82, 2.24) is 0 Å². The number of nitrogens with one attached hydrogen (secondary N) is 1. The topological polar surface area (TPSA) is 77.1 Å². The Hall–Kier alpha value is -3.20. The molecule has 9 heteroatoms. The van der Waals surface area contributed by atoms with Gasteiger partial charge in [0, 0.05) is 24.5 Å². The first-order chi connectivity index (χ1) is 14.4. The second-order valence-corrected chi connectivity index (χ2v) is 6.59. The van der Waals surface area contributed by atoms with Crippen molar-refractivity contribution in [2.75, 3.05) is 36.5 Å². The number of alkyl halides is 2. The zero-order valence-electron chi connectivity index (χ0n) is 16.3. The highest BCUT2D eigenvalue weighted by Gasteiger charge is 2.19. The fourth-order valence-corrected chi connectivity index (χ4v) is 2.88. The lowest BCUT2D eigenvalue weighted by Gasteiger charge is -2.28. The van der Waals surface area contributed by atoms with Crippen LogP contribution in [0.1, 0.15) is 17.3 Å². The summed E-state index contributed by atoms with van der Waals surface area (Å²) in [6.07, 6.45) is -1.05. The van der Waals surface area contributed by atoms with Crippen molar-refractivity contribution in [2.24, 2.45) is 0 Å². The second kappa shape index (κ2) is 10.0. The average molecular weight is 420 g/mol. The van der Waals surface area contributed by atoms with Gasteiger partial charge in [-0.15, -0.1) is 0 Å². The third-order valence-electron chi connectivity index (χ3n) is 4.48. The number of hydrogen-bond acceptors (Lipinski definition) is 6. The Bertz CT molecular complexity index is 853. The molecule has 0 spiro atoms. The molecule has 0 aliphatic carbocycles. The average Bonchev–Trinajstić information content (AvgIpc) is 2.75. The molecule has 0 radical (unpaired) electrons. The fourth-order valence-electron chi connectivity index (χ4n) is 2.88. The van der Waals surface area contributed by atoms with Crippen molar-refractivity contribution in [3.63, 3.8) is 0 Å². The van der Waals surface area contributed by atoms with Crippen LogP contribution in [0.25, 0.3) is 0 Å². The molecule has 160 valence electrons. The van der Waals surface area contributed by atoms with Crippen molar-refractivity contribution >= 4 is 23.3 Å². The molecule has 1 unspecified atom stereocenters. The first-order valence-electron chi connectivity index (χ1n) is 9.42. The molecule has 1 fully saturated rings. The maximum absolute atomic E-state index is 12.3. The SMILES string of the molecule is CC(OC(=O)c1ccc(OC(F)F)cc1)C(=O)Nc1ccc(N2CCOCC2)cc1. The highest BCUT2D eigenvalue weighted by Crippen LogP contribution is 2.20. The molecule has 1 aliphatic rings. The van der Waals surface area contributed by atoms with Gasteiger partial charge in [-0.05, 0) is 55.5 Å². The minimum atomic E-state index is -2.95. The van der Waals surface area contributed by atoms with Crippen LogP contribution in [0.4, 0.5) is 20.2 Å². The summed E-state index contributed by atoms with van der Waals surface area (Å²) in [5, 5.41) is 2.70. The Labute approximate surface area is 172 Å². The van der Waals surface area contributed by atoms with Gasteiger partial charge in [0.15, 0.2) is 6.10 Å². The van der Waals surface area contributed by atoms with Gasteiger partial charge in [0.2, 0.25) is 0 Å². The minimum Gasteiger partial charge on any atom is -0.449 e. The van der Waals surface area contributed by atoms with E-state index in [0.29, 0.717) is 18.9 Å². The van der Waals surface area contributed by atoms with Crippen LogP contribution in [0.2, 0.25) is 0 Å². The van der Waals surface area contributed by atoms with Gasteiger partial charge in [-0.1, -0.05) is 0 Å². The van der Waals surface area contributed by atoms with Crippen LogP contribution in [-0.4, -0.2) is 50.9 Å². The summed E-state index contributed by atoms with van der Waals surface area (Å²) in [5.74, 6) is -1.31. The first kappa shape index (κ1) is 21.5. The third-order valence-corrected chi connectivity index (χ3v) is 4.48. The molecule has 0 saturated carbocycles. The summed E-state index contributed by atoms with van der Waals surface area (Å²) in [5.41, 5.74) is 1.73. The van der Waals surface area contributed by atoms with E-state index < -0.39 is 24.6 Å². The maximum atomic E-state index is 12.3. The van der Waals surface area contributed by atoms with E-state index in [1.165, 1.54) is 31.2 Å². The van der Waals surface area contributed by atoms with Crippen molar-refractivity contribution < 1.29 is 32.6 Å². The molecule has 1 amide bonds. The lowest BCUT2D eigenvalue weighted by atomic mass is 10.2. The largest absolute Gasteiger partial charge is 0.449 e. The monoisotopic (exact) mass is 420 g/mol. The minimum absolute atomic E-state index is 0.0760. The van der Waals surface area contributed by atoms with E-state index in [9.17, 15) is 18.4 Å². The van der Waals surface area contributed by atoms with Gasteiger partial charge >= 0.3 is 12.6 Å². The predicted octanol–water partition coefficient (Wildman–Crippen LogP) is 3.31. The zero-order chi connectivity index (χ0) is 21.5. The smallest absolute Gasteiger partial charge is 0.387 e. The van der Waals surface area contributed by atoms with E-state index in [-0.39, 0.29) is 11.3 Å². The number of halogens is 2. The number of nitrogens with zero attached hydrogens (tertiary/aromatic N) is 1. The number of rotatable bonds is 7. The zero-order valence-corrected chi connectivity index (χ0v) is 16.3. The van der Waals surface area contributed by atoms with E-state index in [1.807, 2.05) is 12.1 Å². The van der Waals surface area contributed by atoms with E-state index in [1.54, 1.807) is 12.1 Å². The Morgan fingerprint density at radius 1 is 1.03 bits per heavy atom. The van der Waals surface area contributed by atoms with E-state index in [2.05, 4.69) is 15.0 Å². The summed E-state index contributed by atoms with van der Waals surface area (Å²) in [4.78, 5) is 26.7. The van der Waals surface area contributed by atoms with Crippen LogP contribution in [-0.2, 0) is 14.3 Å². The van der Waals surface area contributed by atoms with E-state index in [0.717, 1.165) is 18.8 Å². The highest BCUT2D eigenvalue weighted by molar-refractivity contribution is 5.97. The summed E-state index contributed by atoms with van der Waals surface area (Å²) in [7, 11) is 0. The normalized spacial score (nSPS) is 14.9. The number of esters is 1. The molecule has 30 heavy (non-hydrogen) atoms. The standard InChI is InChI=1S/C21H22F2N2O5/c1-14(29-20(27)15-2-8-18(9-3-15)30-21(22)23)19(26)24-16-4-6-17(7-5-16)25-10-12-28-13-11-25/h2-9,14,21H,10-13H2,1H3,(H,24,26). The first-order valence-corrected chi connectivity index (χ1v) is 9.42. The van der Waals surface area contributed by atoms with Crippen LogP contribution in [0.15, 0.2) is 48.5 Å². The summed E-state index contributed by atoms with van der Waals surface area (Å²) in [6.45, 7) is 1.49. The van der Waals surface area contributed by atoms with Crippen molar-refractivity contribution in [3.8, 4) is 5.75 Å². The van der Waals surface area contributed by atoms with Crippen molar-refractivity contribution in [2.45, 2.75) is 19.6 Å². The number of amides is 1. The molecule has 1 heterocycles. The molecule has 1 saturated heterocycles. The number of carbonyl (C=O) groups is 2. The van der Waals surface area contributed by atoms with Gasteiger partial charge in [-0.25, -0.2) is 4.79 Å². The van der Waals surface area contributed by atoms with Crippen LogP contribution >= 0.6 is 0 Å². The number of benzene rings is 2. The number of hydrogen-bond donors (Lipinski definition) is 1. The quantitative estimate of drug-likeness (QED) is 0.693. The Morgan fingerprint density at radius 2 is 1.67 bits per heavy atom. The molecule has 1 aliphatic heterocycles. The van der Waals surface area contributed by atoms with Gasteiger partial charge in [0.1, 0.15) is 5.75 Å². The van der Waals surface area contributed by atoms with Crippen molar-refractivity contribution in [3.05, 3.63) is 54.1 Å². The molecular weight excluding hydrogens is 398 g/mol. The Balaban J connectivity index is 1.52. The molecule has 2 aromatic carbocycles. The summed E-state index contributed by atoms with van der Waals surface area (Å²) < 4.78 is 39.0. The van der Waals surface area contributed by atoms with E-state index in [4.69, 9.17) is 9.47 Å². The lowest BCUT2D eigenvalue weighted by Crippen LogP contribution is -2.36. The van der Waals surface area contributed by atoms with Crippen LogP contribution < -0.4 is 15.0 Å². The number of morpholine rings is 1. The lowest BCUT2D eigenvalue weighted by molar-refractivity contribution is -0.123. The Morgan fingerprint density at radius 3 is 2.27 bits per heavy atom. The molecule has 2 aromatic rings. The predicted molar refractivity (Wildman–Crippen MR) is 106 cm³/mol. The van der Waals surface area contributed by atoms with Crippen LogP contribution in [0, 0.1) is 0 Å². The number of carbonyl (C=O) groups excluding carboxylic acids is 2. The van der Waals surface area contributed by atoms with Gasteiger partial charge in [0.05, 0.1) is 18.8 Å². The van der Waals surface area contributed by atoms with Crippen molar-refractivity contribution in [1.29, 1.82) is 0 Å². The number of ether oxygens (including phenoxy) is 3. The second-order valence-electron chi connectivity index (χ2n) is 6.59. The molecule has 3 rings (SSSR count). The third kappa shape index (κ3) is 5.90. The van der Waals surface area contributed by atoms with Gasteiger partial charge in [-0.2, -0.15) is 8.78 Å². The summed E-state index contributed by atoms with van der Waals surface area (Å²) >= 11 is 0. The molecular formula is C21H22F2N2O5. The Kier molecular flexibility index (Phi) is 7.18. The molecule has 0 aromatic heterocycles. The van der Waals surface area contributed by atoms with Gasteiger partial charge in [-0.3, -0.25) is 4.79 Å². The maximum Gasteiger partial charge on any atom is 0.387 e. The van der Waals surface area contributed by atoms with Gasteiger partial charge < -0.3 is 24.4 Å². The summed E-state index contributed by atoms with van der Waals surface area (Å²) in [6, 6.07) is 12.4.